The molecule has 6 rings (SSSR count). The molecule has 0 spiro atoms. The van der Waals surface area contributed by atoms with Crippen molar-refractivity contribution in [2.45, 2.75) is 39.3 Å². The van der Waals surface area contributed by atoms with Crippen molar-refractivity contribution in [2.24, 2.45) is 0 Å². The molecule has 47 heavy (non-hydrogen) atoms. The van der Waals surface area contributed by atoms with Gasteiger partial charge < -0.3 is 29.7 Å². The number of likely N-dealkylation sites (N-methyl/N-ethyl adjacent to an activating group) is 2. The maximum atomic E-state index is 12.5. The van der Waals surface area contributed by atoms with Crippen LogP contribution in [0, 0.1) is 0 Å². The number of benzene rings is 2. The van der Waals surface area contributed by atoms with Crippen LogP contribution in [0.4, 0.5) is 23.0 Å². The van der Waals surface area contributed by atoms with E-state index in [2.05, 4.69) is 74.9 Å². The molecule has 0 fully saturated rings. The van der Waals surface area contributed by atoms with Gasteiger partial charge in [-0.15, -0.1) is 0 Å². The summed E-state index contributed by atoms with van der Waals surface area (Å²) >= 11 is 0. The third kappa shape index (κ3) is 6.44. The molecule has 0 saturated carbocycles. The summed E-state index contributed by atoms with van der Waals surface area (Å²) in [6.45, 7) is 10.4. The Hall–Kier alpha value is -5.16. The normalized spacial score (nSPS) is 12.5. The van der Waals surface area contributed by atoms with E-state index in [0.717, 1.165) is 60.5 Å². The first kappa shape index (κ1) is 31.8. The Kier molecular flexibility index (Phi) is 8.99. The lowest BCUT2D eigenvalue weighted by atomic mass is 9.99. The number of carbonyl (C=O) groups is 1. The van der Waals surface area contributed by atoms with Crippen molar-refractivity contribution in [1.29, 1.82) is 0 Å². The summed E-state index contributed by atoms with van der Waals surface area (Å²) in [5.41, 5.74) is 8.38. The van der Waals surface area contributed by atoms with Crippen molar-refractivity contribution >= 4 is 39.8 Å². The van der Waals surface area contributed by atoms with Gasteiger partial charge in [-0.05, 0) is 58.5 Å². The van der Waals surface area contributed by atoms with Crippen molar-refractivity contribution in [3.63, 3.8) is 0 Å². The summed E-state index contributed by atoms with van der Waals surface area (Å²) in [6.07, 6.45) is 11.4. The van der Waals surface area contributed by atoms with E-state index >= 15 is 0 Å². The molecule has 0 atom stereocenters. The van der Waals surface area contributed by atoms with E-state index in [1.54, 1.807) is 7.11 Å². The van der Waals surface area contributed by atoms with Crippen LogP contribution in [-0.2, 0) is 17.8 Å². The fourth-order valence-electron chi connectivity index (χ4n) is 6.09. The SMILES string of the molecule is C=CC(=O)Nc1cc(Nc2ncc(-c3cnn(C(C)C)c3)c(-c3cn4c5c(cccc35)CCC4)n2)c(OC)cc1N(C)CCN(C)C. The average molecular weight is 634 g/mol. The topological polar surface area (TPSA) is 105 Å². The maximum absolute atomic E-state index is 12.5. The van der Waals surface area contributed by atoms with Gasteiger partial charge in [-0.25, -0.2) is 9.97 Å². The summed E-state index contributed by atoms with van der Waals surface area (Å²) in [5.74, 6) is 0.689. The molecule has 4 heterocycles. The zero-order valence-corrected chi connectivity index (χ0v) is 28.0. The highest BCUT2D eigenvalue weighted by molar-refractivity contribution is 6.03. The van der Waals surface area contributed by atoms with Gasteiger partial charge >= 0.3 is 0 Å². The van der Waals surface area contributed by atoms with Gasteiger partial charge in [-0.1, -0.05) is 24.8 Å². The predicted molar refractivity (Wildman–Crippen MR) is 190 cm³/mol. The lowest BCUT2D eigenvalue weighted by molar-refractivity contribution is -0.111. The summed E-state index contributed by atoms with van der Waals surface area (Å²) in [6, 6.07) is 10.5. The predicted octanol–water partition coefficient (Wildman–Crippen LogP) is 6.36. The Balaban J connectivity index is 1.46. The molecule has 2 N–H and O–H groups in total. The van der Waals surface area contributed by atoms with Gasteiger partial charge in [-0.3, -0.25) is 9.48 Å². The van der Waals surface area contributed by atoms with Gasteiger partial charge in [0.15, 0.2) is 0 Å². The maximum Gasteiger partial charge on any atom is 0.247 e. The first-order valence-electron chi connectivity index (χ1n) is 16.0. The number of amides is 1. The van der Waals surface area contributed by atoms with Crippen LogP contribution in [0.2, 0.25) is 0 Å². The lowest BCUT2D eigenvalue weighted by Gasteiger charge is -2.26. The minimum atomic E-state index is -0.304. The molecule has 244 valence electrons. The molecule has 0 radical (unpaired) electrons. The number of hydrogen-bond donors (Lipinski definition) is 2. The molecule has 0 aliphatic carbocycles. The number of aryl methyl sites for hydroxylation is 2. The average Bonchev–Trinajstić information content (AvgIpc) is 3.71. The van der Waals surface area contributed by atoms with Crippen LogP contribution in [0.15, 0.2) is 67.8 Å². The van der Waals surface area contributed by atoms with E-state index in [1.807, 2.05) is 56.5 Å². The van der Waals surface area contributed by atoms with E-state index in [-0.39, 0.29) is 11.9 Å². The molecule has 1 aliphatic rings. The van der Waals surface area contributed by atoms with Crippen LogP contribution in [0.5, 0.6) is 5.75 Å². The van der Waals surface area contributed by atoms with Crippen molar-refractivity contribution in [2.75, 3.05) is 56.9 Å². The Bertz CT molecular complexity index is 1940. The molecule has 1 aliphatic heterocycles. The van der Waals surface area contributed by atoms with Crippen LogP contribution >= 0.6 is 0 Å². The van der Waals surface area contributed by atoms with Crippen molar-refractivity contribution < 1.29 is 9.53 Å². The van der Waals surface area contributed by atoms with E-state index in [0.29, 0.717) is 23.1 Å². The van der Waals surface area contributed by atoms with E-state index < -0.39 is 0 Å². The van der Waals surface area contributed by atoms with Crippen LogP contribution in [0.3, 0.4) is 0 Å². The van der Waals surface area contributed by atoms with Crippen LogP contribution < -0.4 is 20.3 Å². The molecule has 3 aromatic heterocycles. The summed E-state index contributed by atoms with van der Waals surface area (Å²) in [7, 11) is 7.68. The molecule has 0 saturated heterocycles. The first-order valence-corrected chi connectivity index (χ1v) is 16.0. The second kappa shape index (κ2) is 13.3. The number of nitrogens with zero attached hydrogens (tertiary/aromatic N) is 7. The van der Waals surface area contributed by atoms with Gasteiger partial charge in [0.2, 0.25) is 11.9 Å². The Morgan fingerprint density at radius 3 is 2.66 bits per heavy atom. The standard InChI is InChI=1S/C36H43N9O2/c1-8-33(46)39-29-17-30(32(47-7)18-31(29)43(6)16-15-42(4)5)40-36-37-20-27(25-19-38-45(21-25)23(2)3)34(41-36)28-22-44-14-10-12-24-11-9-13-26(28)35(24)44/h8-9,11,13,17-23H,1,10,12,14-16H2,2-7H3,(H,39,46)(H,37,40,41). The number of para-hydroxylation sites is 1. The third-order valence-electron chi connectivity index (χ3n) is 8.61. The van der Waals surface area contributed by atoms with Crippen LogP contribution in [0.25, 0.3) is 33.3 Å². The van der Waals surface area contributed by atoms with Crippen LogP contribution in [-0.4, -0.2) is 76.5 Å². The Morgan fingerprint density at radius 1 is 1.11 bits per heavy atom. The zero-order valence-electron chi connectivity index (χ0n) is 28.0. The van der Waals surface area contributed by atoms with E-state index in [9.17, 15) is 4.79 Å². The van der Waals surface area contributed by atoms with Gasteiger partial charge in [0.25, 0.3) is 0 Å². The van der Waals surface area contributed by atoms with Crippen molar-refractivity contribution in [1.82, 2.24) is 29.2 Å². The van der Waals surface area contributed by atoms with E-state index in [1.165, 1.54) is 22.5 Å². The number of nitrogens with one attached hydrogen (secondary N) is 2. The number of hydrogen-bond acceptors (Lipinski definition) is 8. The van der Waals surface area contributed by atoms with Gasteiger partial charge in [-0.2, -0.15) is 5.10 Å². The number of rotatable bonds is 12. The molecule has 5 aromatic rings. The summed E-state index contributed by atoms with van der Waals surface area (Å²) in [4.78, 5) is 26.6. The smallest absolute Gasteiger partial charge is 0.247 e. The highest BCUT2D eigenvalue weighted by Gasteiger charge is 2.23. The first-order chi connectivity index (χ1) is 22.7. The molecule has 2 aromatic carbocycles. The second-order valence-electron chi connectivity index (χ2n) is 12.5. The monoisotopic (exact) mass is 633 g/mol. The zero-order chi connectivity index (χ0) is 33.2. The Morgan fingerprint density at radius 2 is 1.94 bits per heavy atom. The fourth-order valence-corrected chi connectivity index (χ4v) is 6.09. The quantitative estimate of drug-likeness (QED) is 0.153. The molecule has 11 heteroatoms. The number of carbonyl (C=O) groups excluding carboxylic acids is 1. The fraction of sp³-hybridized carbons (Fsp3) is 0.333. The van der Waals surface area contributed by atoms with Gasteiger partial charge in [0, 0.05) is 79.5 Å². The Labute approximate surface area is 275 Å². The summed E-state index contributed by atoms with van der Waals surface area (Å²) in [5, 5.41) is 12.1. The molecule has 11 nitrogen and oxygen atoms in total. The number of anilines is 4. The number of ether oxygens (including phenoxy) is 1. The largest absolute Gasteiger partial charge is 0.494 e. The second-order valence-corrected chi connectivity index (χ2v) is 12.5. The van der Waals surface area contributed by atoms with Crippen molar-refractivity contribution in [3.05, 3.63) is 73.3 Å². The third-order valence-corrected chi connectivity index (χ3v) is 8.61. The minimum Gasteiger partial charge on any atom is -0.494 e. The van der Waals surface area contributed by atoms with Crippen LogP contribution in [0.1, 0.15) is 31.9 Å². The summed E-state index contributed by atoms with van der Waals surface area (Å²) < 4.78 is 10.1. The van der Waals surface area contributed by atoms with Gasteiger partial charge in [0.1, 0.15) is 5.75 Å². The molecule has 0 bridgehead atoms. The van der Waals surface area contributed by atoms with E-state index in [4.69, 9.17) is 14.7 Å². The molecule has 0 unspecified atom stereocenters. The molecule has 1 amide bonds. The molecular weight excluding hydrogens is 590 g/mol. The van der Waals surface area contributed by atoms with Gasteiger partial charge in [0.05, 0.1) is 41.6 Å². The highest BCUT2D eigenvalue weighted by atomic mass is 16.5. The lowest BCUT2D eigenvalue weighted by Crippen LogP contribution is -2.29. The highest BCUT2D eigenvalue weighted by Crippen LogP contribution is 2.41. The number of aromatic nitrogens is 5. The number of methoxy groups -OCH3 is 1. The minimum absolute atomic E-state index is 0.223. The molecular formula is C36H43N9O2. The van der Waals surface area contributed by atoms with Crippen molar-refractivity contribution in [3.8, 4) is 28.1 Å².